The van der Waals surface area contributed by atoms with E-state index in [0.717, 1.165) is 61.9 Å². The van der Waals surface area contributed by atoms with E-state index in [9.17, 15) is 10.2 Å². The van der Waals surface area contributed by atoms with Crippen LogP contribution in [0.5, 0.6) is 0 Å². The third-order valence-corrected chi connectivity index (χ3v) is 6.08. The number of β-amino-alcohol motifs (C(OH)–C–C–N with tert-alkyl or cyclic N) is 1. The van der Waals surface area contributed by atoms with Crippen molar-refractivity contribution < 1.29 is 10.2 Å². The Hall–Kier alpha value is -1.40. The molecule has 0 saturated carbocycles. The van der Waals surface area contributed by atoms with Gasteiger partial charge in [0.15, 0.2) is 0 Å². The van der Waals surface area contributed by atoms with Crippen LogP contribution in [0.4, 0.5) is 11.8 Å². The molecule has 2 aliphatic heterocycles. The second kappa shape index (κ2) is 7.46. The lowest BCUT2D eigenvalue weighted by atomic mass is 9.73. The molecular weight excluding hydrogens is 316 g/mol. The molecule has 2 N–H and O–H groups in total. The van der Waals surface area contributed by atoms with Crippen LogP contribution < -0.4 is 9.80 Å². The Balaban J connectivity index is 1.84. The van der Waals surface area contributed by atoms with Gasteiger partial charge in [0, 0.05) is 42.9 Å². The van der Waals surface area contributed by atoms with E-state index in [-0.39, 0.29) is 12.0 Å². The number of aliphatic hydroxyl groups excluding tert-OH is 2. The molecule has 3 heterocycles. The Morgan fingerprint density at radius 3 is 2.44 bits per heavy atom. The fourth-order valence-electron chi connectivity index (χ4n) is 4.23. The molecule has 0 unspecified atom stereocenters. The maximum Gasteiger partial charge on any atom is 0.227 e. The van der Waals surface area contributed by atoms with Gasteiger partial charge in [-0.25, -0.2) is 4.98 Å². The van der Waals surface area contributed by atoms with Crippen molar-refractivity contribution in [2.24, 2.45) is 5.41 Å². The van der Waals surface area contributed by atoms with Gasteiger partial charge < -0.3 is 20.0 Å². The maximum absolute atomic E-state index is 10.8. The van der Waals surface area contributed by atoms with Crippen LogP contribution in [0.25, 0.3) is 0 Å². The average molecular weight is 348 g/mol. The summed E-state index contributed by atoms with van der Waals surface area (Å²) in [5.74, 6) is 1.76. The molecule has 0 aliphatic carbocycles. The van der Waals surface area contributed by atoms with E-state index < -0.39 is 6.10 Å². The van der Waals surface area contributed by atoms with Crippen molar-refractivity contribution >= 4 is 11.8 Å². The quantitative estimate of drug-likeness (QED) is 0.848. The van der Waals surface area contributed by atoms with Crippen molar-refractivity contribution in [2.45, 2.75) is 59.0 Å². The van der Waals surface area contributed by atoms with Crippen molar-refractivity contribution in [1.29, 1.82) is 0 Å². The van der Waals surface area contributed by atoms with E-state index in [2.05, 4.69) is 28.6 Å². The largest absolute Gasteiger partial charge is 0.396 e. The Labute approximate surface area is 150 Å². The number of anilines is 2. The molecule has 1 aromatic rings. The van der Waals surface area contributed by atoms with Crippen LogP contribution in [0.1, 0.15) is 50.3 Å². The van der Waals surface area contributed by atoms with Crippen LogP contribution in [0.3, 0.4) is 0 Å². The molecule has 6 nitrogen and oxygen atoms in total. The summed E-state index contributed by atoms with van der Waals surface area (Å²) >= 11 is 0. The molecule has 2 atom stereocenters. The van der Waals surface area contributed by atoms with Crippen LogP contribution in [0.2, 0.25) is 0 Å². The number of aromatic nitrogens is 2. The zero-order valence-electron chi connectivity index (χ0n) is 15.8. The van der Waals surface area contributed by atoms with E-state index in [1.807, 2.05) is 6.92 Å². The lowest BCUT2D eigenvalue weighted by Gasteiger charge is -2.45. The minimum Gasteiger partial charge on any atom is -0.396 e. The summed E-state index contributed by atoms with van der Waals surface area (Å²) in [6.45, 7) is 9.64. The minimum absolute atomic E-state index is 0.0522. The minimum atomic E-state index is -0.531. The third-order valence-electron chi connectivity index (χ3n) is 6.08. The summed E-state index contributed by atoms with van der Waals surface area (Å²) in [6, 6.07) is 0. The summed E-state index contributed by atoms with van der Waals surface area (Å²) in [5, 5.41) is 20.6. The van der Waals surface area contributed by atoms with Gasteiger partial charge in [-0.2, -0.15) is 4.98 Å². The maximum atomic E-state index is 10.8. The molecule has 0 bridgehead atoms. The van der Waals surface area contributed by atoms with Crippen molar-refractivity contribution in [3.63, 3.8) is 0 Å². The first-order chi connectivity index (χ1) is 12.0. The normalized spacial score (nSPS) is 27.2. The summed E-state index contributed by atoms with van der Waals surface area (Å²) in [5.41, 5.74) is 1.73. The smallest absolute Gasteiger partial charge is 0.227 e. The van der Waals surface area contributed by atoms with Gasteiger partial charge in [-0.15, -0.1) is 0 Å². The zero-order valence-corrected chi connectivity index (χ0v) is 15.8. The lowest BCUT2D eigenvalue weighted by molar-refractivity contribution is -0.0372. The van der Waals surface area contributed by atoms with E-state index in [1.165, 1.54) is 12.8 Å². The standard InChI is InChI=1S/C19H32N4O2/c1-4-7-19(13-24)8-11-23(12-16(19)25)17-14(2)15(3)20-18(21-17)22-9-5-6-10-22/h16,24-25H,4-13H2,1-3H3/t16-,19+/m0/s1. The number of hydrogen-bond acceptors (Lipinski definition) is 6. The second-order valence-corrected chi connectivity index (χ2v) is 7.73. The molecule has 2 fully saturated rings. The van der Waals surface area contributed by atoms with Crippen molar-refractivity contribution in [3.05, 3.63) is 11.3 Å². The Kier molecular flexibility index (Phi) is 5.49. The summed E-state index contributed by atoms with van der Waals surface area (Å²) in [7, 11) is 0. The van der Waals surface area contributed by atoms with Crippen LogP contribution in [-0.2, 0) is 0 Å². The molecule has 0 amide bonds. The number of hydrogen-bond donors (Lipinski definition) is 2. The van der Waals surface area contributed by atoms with Crippen LogP contribution in [0, 0.1) is 19.3 Å². The van der Waals surface area contributed by atoms with Gasteiger partial charge in [-0.3, -0.25) is 0 Å². The first-order valence-corrected chi connectivity index (χ1v) is 9.65. The first kappa shape index (κ1) is 18.4. The molecule has 0 radical (unpaired) electrons. The van der Waals surface area contributed by atoms with E-state index in [1.54, 1.807) is 0 Å². The highest BCUT2D eigenvalue weighted by Crippen LogP contribution is 2.38. The van der Waals surface area contributed by atoms with Gasteiger partial charge in [-0.1, -0.05) is 13.3 Å². The van der Waals surface area contributed by atoms with Crippen molar-refractivity contribution in [3.8, 4) is 0 Å². The lowest BCUT2D eigenvalue weighted by Crippen LogP contribution is -2.53. The van der Waals surface area contributed by atoms with Crippen LogP contribution in [0.15, 0.2) is 0 Å². The molecule has 0 aromatic carbocycles. The third kappa shape index (κ3) is 3.47. The summed E-state index contributed by atoms with van der Waals surface area (Å²) in [4.78, 5) is 14.0. The van der Waals surface area contributed by atoms with Gasteiger partial charge in [0.05, 0.1) is 12.7 Å². The van der Waals surface area contributed by atoms with Crippen molar-refractivity contribution in [2.75, 3.05) is 42.6 Å². The highest BCUT2D eigenvalue weighted by molar-refractivity contribution is 5.53. The van der Waals surface area contributed by atoms with E-state index in [4.69, 9.17) is 4.98 Å². The van der Waals surface area contributed by atoms with Crippen LogP contribution in [-0.4, -0.2) is 59.1 Å². The van der Waals surface area contributed by atoms with Crippen molar-refractivity contribution in [1.82, 2.24) is 9.97 Å². The SMILES string of the molecule is CCC[C@]1(CO)CCN(c2nc(N3CCCC3)nc(C)c2C)C[C@@H]1O. The number of aliphatic hydroxyl groups is 2. The molecule has 0 spiro atoms. The second-order valence-electron chi connectivity index (χ2n) is 7.73. The highest BCUT2D eigenvalue weighted by atomic mass is 16.3. The Morgan fingerprint density at radius 1 is 1.12 bits per heavy atom. The molecule has 3 rings (SSSR count). The van der Waals surface area contributed by atoms with E-state index >= 15 is 0 Å². The molecular formula is C19H32N4O2. The fourth-order valence-corrected chi connectivity index (χ4v) is 4.23. The number of rotatable bonds is 5. The predicted octanol–water partition coefficient (Wildman–Crippen LogP) is 2.04. The Bertz CT molecular complexity index is 603. The molecule has 140 valence electrons. The predicted molar refractivity (Wildman–Crippen MR) is 100 cm³/mol. The molecule has 2 saturated heterocycles. The zero-order chi connectivity index (χ0) is 18.0. The molecule has 1 aromatic heterocycles. The van der Waals surface area contributed by atoms with Gasteiger partial charge in [0.2, 0.25) is 5.95 Å². The molecule has 25 heavy (non-hydrogen) atoms. The van der Waals surface area contributed by atoms with Gasteiger partial charge >= 0.3 is 0 Å². The number of piperidine rings is 1. The van der Waals surface area contributed by atoms with Gasteiger partial charge in [-0.05, 0) is 39.5 Å². The molecule has 2 aliphatic rings. The summed E-state index contributed by atoms with van der Waals surface area (Å²) < 4.78 is 0. The number of aryl methyl sites for hydroxylation is 1. The monoisotopic (exact) mass is 348 g/mol. The molecule has 6 heteroatoms. The average Bonchev–Trinajstić information content (AvgIpc) is 3.14. The van der Waals surface area contributed by atoms with E-state index in [0.29, 0.717) is 6.54 Å². The fraction of sp³-hybridized carbons (Fsp3) is 0.789. The summed E-state index contributed by atoms with van der Waals surface area (Å²) in [6.07, 6.45) is 4.49. The van der Waals surface area contributed by atoms with Crippen LogP contribution >= 0.6 is 0 Å². The Morgan fingerprint density at radius 2 is 1.84 bits per heavy atom. The topological polar surface area (TPSA) is 72.7 Å². The van der Waals surface area contributed by atoms with Gasteiger partial charge in [0.1, 0.15) is 5.82 Å². The highest BCUT2D eigenvalue weighted by Gasteiger charge is 2.41. The van der Waals surface area contributed by atoms with Gasteiger partial charge in [0.25, 0.3) is 0 Å². The first-order valence-electron chi connectivity index (χ1n) is 9.65. The number of nitrogens with zero attached hydrogens (tertiary/aromatic N) is 4.